The first-order valence-corrected chi connectivity index (χ1v) is 12.5. The predicted octanol–water partition coefficient (Wildman–Crippen LogP) is 2.26. The lowest BCUT2D eigenvalue weighted by molar-refractivity contribution is -0.112. The molecular weight excluding hydrogens is 476 g/mol. The van der Waals surface area contributed by atoms with Crippen molar-refractivity contribution in [3.8, 4) is 11.8 Å². The minimum atomic E-state index is -3.77. The Morgan fingerprint density at radius 3 is 2.53 bits per heavy atom. The average molecular weight is 491 g/mol. The van der Waals surface area contributed by atoms with E-state index >= 15 is 0 Å². The van der Waals surface area contributed by atoms with Gasteiger partial charge >= 0.3 is 10.1 Å². The van der Waals surface area contributed by atoms with Gasteiger partial charge in [-0.15, -0.1) is 0 Å². The van der Waals surface area contributed by atoms with Gasteiger partial charge in [-0.1, -0.05) is 17.7 Å². The highest BCUT2D eigenvalue weighted by Crippen LogP contribution is 2.27. The van der Waals surface area contributed by atoms with E-state index in [0.29, 0.717) is 17.1 Å². The fraction of sp³-hybridized carbons (Fsp3) is 0.250. The zero-order valence-electron chi connectivity index (χ0n) is 15.8. The first-order chi connectivity index (χ1) is 13.8. The van der Waals surface area contributed by atoms with E-state index in [9.17, 15) is 26.9 Å². The Balaban J connectivity index is 2.23. The summed E-state index contributed by atoms with van der Waals surface area (Å²) in [6, 6.07) is 5.70. The first kappa shape index (κ1) is 23.7. The maximum atomic E-state index is 12.3. The number of nitrogens with zero attached hydrogens (tertiary/aromatic N) is 3. The van der Waals surface area contributed by atoms with Crippen molar-refractivity contribution in [2.45, 2.75) is 24.3 Å². The monoisotopic (exact) mass is 490 g/mol. The number of hydrogen-bond acceptors (Lipinski definition) is 10. The molecule has 0 atom stereocenters. The second-order valence-corrected chi connectivity index (χ2v) is 11.2. The van der Waals surface area contributed by atoms with Crippen LogP contribution < -0.4 is 9.50 Å². The van der Waals surface area contributed by atoms with Gasteiger partial charge in [-0.3, -0.25) is 10.1 Å². The van der Waals surface area contributed by atoms with Crippen molar-refractivity contribution >= 4 is 60.2 Å². The highest BCUT2D eigenvalue weighted by atomic mass is 35.5. The highest BCUT2D eigenvalue weighted by Gasteiger charge is 2.25. The zero-order valence-corrected chi connectivity index (χ0v) is 19.0. The molecule has 30 heavy (non-hydrogen) atoms. The maximum Gasteiger partial charge on any atom is 0.306 e. The summed E-state index contributed by atoms with van der Waals surface area (Å²) in [6.07, 6.45) is 2.07. The van der Waals surface area contributed by atoms with Gasteiger partial charge in [-0.25, -0.2) is 8.42 Å². The van der Waals surface area contributed by atoms with Gasteiger partial charge in [0.1, 0.15) is 11.6 Å². The SMILES string of the molecule is CC(C)S(=O)(=O)c1nsc(NC(=O)C(C#N)=Cc2ccc(OS(C)(=O)=O)c(Cl)c2)n1. The van der Waals surface area contributed by atoms with Crippen LogP contribution >= 0.6 is 23.1 Å². The van der Waals surface area contributed by atoms with Crippen molar-refractivity contribution < 1.29 is 25.8 Å². The molecule has 0 aliphatic rings. The van der Waals surface area contributed by atoms with Gasteiger partial charge in [-0.2, -0.15) is 23.0 Å². The number of carbonyl (C=O) groups is 1. The third-order valence-corrected chi connectivity index (χ3v) is 6.83. The van der Waals surface area contributed by atoms with Gasteiger partial charge in [0.05, 0.1) is 16.5 Å². The van der Waals surface area contributed by atoms with Crippen molar-refractivity contribution in [2.75, 3.05) is 11.6 Å². The van der Waals surface area contributed by atoms with Gasteiger partial charge in [0, 0.05) is 11.5 Å². The molecule has 1 N–H and O–H groups in total. The van der Waals surface area contributed by atoms with Gasteiger partial charge in [0.15, 0.2) is 5.75 Å². The summed E-state index contributed by atoms with van der Waals surface area (Å²) in [5.74, 6) is -0.943. The van der Waals surface area contributed by atoms with E-state index in [2.05, 4.69) is 14.7 Å². The van der Waals surface area contributed by atoms with E-state index in [0.717, 1.165) is 6.26 Å². The van der Waals surface area contributed by atoms with E-state index < -0.39 is 36.3 Å². The molecule has 1 amide bonds. The summed E-state index contributed by atoms with van der Waals surface area (Å²) in [4.78, 5) is 16.1. The number of nitrogens with one attached hydrogen (secondary N) is 1. The average Bonchev–Trinajstić information content (AvgIpc) is 3.09. The molecule has 160 valence electrons. The largest absolute Gasteiger partial charge is 0.381 e. The summed E-state index contributed by atoms with van der Waals surface area (Å²) in [6.45, 7) is 2.95. The summed E-state index contributed by atoms with van der Waals surface area (Å²) < 4.78 is 54.9. The summed E-state index contributed by atoms with van der Waals surface area (Å²) in [5.41, 5.74) is -0.000737. The van der Waals surface area contributed by atoms with E-state index in [4.69, 9.17) is 15.8 Å². The van der Waals surface area contributed by atoms with Crippen LogP contribution in [-0.4, -0.2) is 43.6 Å². The molecule has 0 fully saturated rings. The number of carbonyl (C=O) groups excluding carboxylic acids is 1. The van der Waals surface area contributed by atoms with Crippen molar-refractivity contribution in [2.24, 2.45) is 0 Å². The number of aromatic nitrogens is 2. The van der Waals surface area contributed by atoms with E-state index in [1.807, 2.05) is 0 Å². The molecule has 0 aliphatic carbocycles. The van der Waals surface area contributed by atoms with Gasteiger partial charge in [-0.05, 0) is 37.6 Å². The van der Waals surface area contributed by atoms with Crippen LogP contribution in [0.2, 0.25) is 5.02 Å². The van der Waals surface area contributed by atoms with Crippen LogP contribution in [-0.2, 0) is 24.7 Å². The van der Waals surface area contributed by atoms with E-state index in [1.54, 1.807) is 6.07 Å². The summed E-state index contributed by atoms with van der Waals surface area (Å²) >= 11 is 6.63. The molecule has 2 aromatic rings. The Morgan fingerprint density at radius 1 is 1.33 bits per heavy atom. The zero-order chi connectivity index (χ0) is 22.7. The molecule has 0 unspecified atom stereocenters. The molecule has 0 aliphatic heterocycles. The number of halogens is 1. The van der Waals surface area contributed by atoms with Crippen molar-refractivity contribution in [1.82, 2.24) is 9.36 Å². The van der Waals surface area contributed by atoms with Crippen molar-refractivity contribution in [1.29, 1.82) is 5.26 Å². The van der Waals surface area contributed by atoms with Crippen molar-refractivity contribution in [3.63, 3.8) is 0 Å². The molecule has 0 saturated carbocycles. The molecule has 1 heterocycles. The van der Waals surface area contributed by atoms with E-state index in [-0.39, 0.29) is 21.5 Å². The molecule has 14 heteroatoms. The number of nitriles is 1. The lowest BCUT2D eigenvalue weighted by Crippen LogP contribution is -2.16. The smallest absolute Gasteiger partial charge is 0.306 e. The lowest BCUT2D eigenvalue weighted by atomic mass is 10.1. The molecule has 0 bridgehead atoms. The second kappa shape index (κ2) is 9.09. The molecule has 10 nitrogen and oxygen atoms in total. The van der Waals surface area contributed by atoms with Gasteiger partial charge in [0.2, 0.25) is 15.0 Å². The van der Waals surface area contributed by atoms with Gasteiger partial charge < -0.3 is 4.18 Å². The van der Waals surface area contributed by atoms with Crippen LogP contribution in [0.4, 0.5) is 5.13 Å². The molecule has 0 saturated heterocycles. The fourth-order valence-corrected chi connectivity index (χ4v) is 4.35. The number of rotatable bonds is 7. The topological polar surface area (TPSA) is 156 Å². The van der Waals surface area contributed by atoms with Crippen LogP contribution in [0.3, 0.4) is 0 Å². The lowest BCUT2D eigenvalue weighted by Gasteiger charge is -2.06. The number of hydrogen-bond donors (Lipinski definition) is 1. The number of amides is 1. The molecule has 1 aromatic carbocycles. The Bertz CT molecular complexity index is 1260. The third-order valence-electron chi connectivity index (χ3n) is 3.38. The number of sulfone groups is 1. The minimum absolute atomic E-state index is 0.0421. The Labute approximate surface area is 182 Å². The second-order valence-electron chi connectivity index (χ2n) is 6.08. The molecule has 1 aromatic heterocycles. The summed E-state index contributed by atoms with van der Waals surface area (Å²) in [5, 5.41) is 10.3. The first-order valence-electron chi connectivity index (χ1n) is 8.03. The number of benzene rings is 1. The maximum absolute atomic E-state index is 12.3. The Hall–Kier alpha value is -2.53. The fourth-order valence-electron chi connectivity index (χ4n) is 1.90. The molecule has 2 rings (SSSR count). The van der Waals surface area contributed by atoms with Crippen LogP contribution in [0.5, 0.6) is 5.75 Å². The van der Waals surface area contributed by atoms with Crippen LogP contribution in [0.25, 0.3) is 6.08 Å². The predicted molar refractivity (Wildman–Crippen MR) is 111 cm³/mol. The molecular formula is C16H15ClN4O6S3. The normalized spacial score (nSPS) is 12.5. The quantitative estimate of drug-likeness (QED) is 0.349. The molecule has 0 radical (unpaired) electrons. The summed E-state index contributed by atoms with van der Waals surface area (Å²) in [7, 11) is -7.47. The Kier molecular flexibility index (Phi) is 7.19. The standard InChI is InChI=1S/C16H15ClN4O6S3/c1-9(2)30(25,26)16-20-15(28-21-16)19-14(22)11(8-18)6-10-4-5-13(12(17)7-10)27-29(3,23)24/h4-7,9H,1-3H3,(H,19,20,21,22). The minimum Gasteiger partial charge on any atom is -0.381 e. The van der Waals surface area contributed by atoms with Crippen LogP contribution in [0.15, 0.2) is 28.9 Å². The van der Waals surface area contributed by atoms with E-state index in [1.165, 1.54) is 38.1 Å². The van der Waals surface area contributed by atoms with Crippen molar-refractivity contribution in [3.05, 3.63) is 34.4 Å². The van der Waals surface area contributed by atoms with Gasteiger partial charge in [0.25, 0.3) is 11.1 Å². The van der Waals surface area contributed by atoms with Crippen LogP contribution in [0.1, 0.15) is 19.4 Å². The highest BCUT2D eigenvalue weighted by molar-refractivity contribution is 7.91. The third kappa shape index (κ3) is 5.99. The Morgan fingerprint density at radius 2 is 2.00 bits per heavy atom. The van der Waals surface area contributed by atoms with Crippen LogP contribution in [0, 0.1) is 11.3 Å². The molecule has 0 spiro atoms. The number of anilines is 1.